The van der Waals surface area contributed by atoms with Crippen LogP contribution in [-0.4, -0.2) is 29.7 Å². The third kappa shape index (κ3) is 2.24. The summed E-state index contributed by atoms with van der Waals surface area (Å²) in [6.45, 7) is 1.87. The minimum absolute atomic E-state index is 0.279. The van der Waals surface area contributed by atoms with Crippen molar-refractivity contribution < 1.29 is 4.74 Å². The molecule has 0 unspecified atom stereocenters. The molecule has 0 fully saturated rings. The highest BCUT2D eigenvalue weighted by atomic mass is 16.5. The topological polar surface area (TPSA) is 81.0 Å². The Morgan fingerprint density at radius 2 is 2.20 bits per heavy atom. The Hall–Kier alpha value is -1.20. The fourth-order valence-electron chi connectivity index (χ4n) is 1.90. The Morgan fingerprint density at radius 1 is 1.40 bits per heavy atom. The second kappa shape index (κ2) is 4.55. The highest BCUT2D eigenvalue weighted by Gasteiger charge is 2.14. The molecule has 1 aliphatic heterocycles. The molecule has 15 heavy (non-hydrogen) atoms. The van der Waals surface area contributed by atoms with Crippen LogP contribution in [0.2, 0.25) is 0 Å². The van der Waals surface area contributed by atoms with Gasteiger partial charge in [0.1, 0.15) is 0 Å². The summed E-state index contributed by atoms with van der Waals surface area (Å²) in [5.74, 6) is 0. The van der Waals surface area contributed by atoms with Crippen molar-refractivity contribution in [3.8, 4) is 0 Å². The number of H-pyrrole nitrogens is 1. The molecule has 0 radical (unpaired) electrons. The van der Waals surface area contributed by atoms with E-state index in [1.54, 1.807) is 0 Å². The number of nitrogens with one attached hydrogen (secondary N) is 1. The maximum absolute atomic E-state index is 11.3. The van der Waals surface area contributed by atoms with Gasteiger partial charge in [0, 0.05) is 18.5 Å². The van der Waals surface area contributed by atoms with Crippen molar-refractivity contribution >= 4 is 0 Å². The Balaban J connectivity index is 2.45. The summed E-state index contributed by atoms with van der Waals surface area (Å²) >= 11 is 0. The molecule has 0 spiro atoms. The monoisotopic (exact) mass is 209 g/mol. The van der Waals surface area contributed by atoms with Gasteiger partial charge in [-0.25, -0.2) is 4.79 Å². The summed E-state index contributed by atoms with van der Waals surface area (Å²) in [6, 6.07) is 0. The van der Waals surface area contributed by atoms with Crippen LogP contribution < -0.4 is 11.4 Å². The van der Waals surface area contributed by atoms with E-state index in [0.717, 1.165) is 29.8 Å². The van der Waals surface area contributed by atoms with Crippen molar-refractivity contribution in [1.29, 1.82) is 0 Å². The molecule has 1 aromatic rings. The van der Waals surface area contributed by atoms with Crippen LogP contribution in [0, 0.1) is 0 Å². The van der Waals surface area contributed by atoms with Crippen LogP contribution in [0.1, 0.15) is 17.0 Å². The van der Waals surface area contributed by atoms with Gasteiger partial charge in [-0.3, -0.25) is 0 Å². The highest BCUT2D eigenvalue weighted by molar-refractivity contribution is 5.26. The van der Waals surface area contributed by atoms with E-state index in [2.05, 4.69) is 9.97 Å². The average molecular weight is 209 g/mol. The molecule has 82 valence electrons. The van der Waals surface area contributed by atoms with Crippen molar-refractivity contribution in [3.05, 3.63) is 27.4 Å². The first kappa shape index (κ1) is 10.3. The van der Waals surface area contributed by atoms with Crippen LogP contribution in [0.25, 0.3) is 0 Å². The van der Waals surface area contributed by atoms with Crippen molar-refractivity contribution in [2.75, 3.05) is 19.8 Å². The Bertz CT molecular complexity index is 400. The first-order valence-corrected chi connectivity index (χ1v) is 5.20. The van der Waals surface area contributed by atoms with Gasteiger partial charge in [-0.05, 0) is 18.5 Å². The lowest BCUT2D eigenvalue weighted by atomic mass is 10.1. The molecule has 2 heterocycles. The Kier molecular flexibility index (Phi) is 3.13. The van der Waals surface area contributed by atoms with Gasteiger partial charge in [0.15, 0.2) is 0 Å². The highest BCUT2D eigenvalue weighted by Crippen LogP contribution is 2.14. The number of nitrogens with two attached hydrogens (primary N) is 1. The number of hydrogen-bond acceptors (Lipinski definition) is 4. The van der Waals surface area contributed by atoms with Crippen molar-refractivity contribution in [3.63, 3.8) is 0 Å². The van der Waals surface area contributed by atoms with E-state index in [-0.39, 0.29) is 5.69 Å². The molecule has 2 rings (SSSR count). The van der Waals surface area contributed by atoms with Crippen LogP contribution in [0.15, 0.2) is 4.79 Å². The molecule has 0 atom stereocenters. The third-order valence-corrected chi connectivity index (χ3v) is 2.58. The van der Waals surface area contributed by atoms with E-state index in [1.165, 1.54) is 0 Å². The van der Waals surface area contributed by atoms with Gasteiger partial charge >= 0.3 is 5.69 Å². The second-order valence-electron chi connectivity index (χ2n) is 3.60. The van der Waals surface area contributed by atoms with Crippen LogP contribution in [0.5, 0.6) is 0 Å². The summed E-state index contributed by atoms with van der Waals surface area (Å²) in [5, 5.41) is 0. The van der Waals surface area contributed by atoms with Gasteiger partial charge in [-0.2, -0.15) is 4.98 Å². The first-order chi connectivity index (χ1) is 7.31. The van der Waals surface area contributed by atoms with E-state index >= 15 is 0 Å². The van der Waals surface area contributed by atoms with Gasteiger partial charge in [0.25, 0.3) is 0 Å². The van der Waals surface area contributed by atoms with Gasteiger partial charge in [-0.15, -0.1) is 0 Å². The Morgan fingerprint density at radius 3 is 3.00 bits per heavy atom. The van der Waals surface area contributed by atoms with E-state index in [1.807, 2.05) is 0 Å². The summed E-state index contributed by atoms with van der Waals surface area (Å²) in [7, 11) is 0. The largest absolute Gasteiger partial charge is 0.381 e. The predicted octanol–water partition coefficient (Wildman–Crippen LogP) is -0.614. The molecule has 0 aliphatic carbocycles. The quantitative estimate of drug-likeness (QED) is 0.680. The van der Waals surface area contributed by atoms with Gasteiger partial charge in [-0.1, -0.05) is 0 Å². The maximum atomic E-state index is 11.3. The SMILES string of the molecule is NCCc1nc(=O)[nH]c2c1CCOCC2. The van der Waals surface area contributed by atoms with Crippen LogP contribution in [-0.2, 0) is 24.0 Å². The normalized spacial score (nSPS) is 15.8. The number of nitrogens with zero attached hydrogens (tertiary/aromatic N) is 1. The summed E-state index contributed by atoms with van der Waals surface area (Å²) in [5.41, 5.74) is 8.15. The van der Waals surface area contributed by atoms with Gasteiger partial charge < -0.3 is 15.5 Å². The number of ether oxygens (including phenoxy) is 1. The molecular weight excluding hydrogens is 194 g/mol. The molecule has 3 N–H and O–H groups in total. The summed E-state index contributed by atoms with van der Waals surface area (Å²) < 4.78 is 5.37. The third-order valence-electron chi connectivity index (χ3n) is 2.58. The zero-order chi connectivity index (χ0) is 10.7. The minimum Gasteiger partial charge on any atom is -0.381 e. The molecule has 0 amide bonds. The van der Waals surface area contributed by atoms with Crippen molar-refractivity contribution in [2.24, 2.45) is 5.73 Å². The molecule has 0 aromatic carbocycles. The van der Waals surface area contributed by atoms with Crippen LogP contribution >= 0.6 is 0 Å². The molecule has 5 nitrogen and oxygen atoms in total. The fraction of sp³-hybridized carbons (Fsp3) is 0.600. The first-order valence-electron chi connectivity index (χ1n) is 5.20. The Labute approximate surface area is 87.7 Å². The van der Waals surface area contributed by atoms with E-state index in [0.29, 0.717) is 26.2 Å². The molecule has 0 saturated heterocycles. The summed E-state index contributed by atoms with van der Waals surface area (Å²) in [4.78, 5) is 18.1. The molecule has 1 aromatic heterocycles. The zero-order valence-electron chi connectivity index (χ0n) is 8.58. The van der Waals surface area contributed by atoms with E-state index in [4.69, 9.17) is 10.5 Å². The smallest absolute Gasteiger partial charge is 0.345 e. The number of hydrogen-bond donors (Lipinski definition) is 2. The lowest BCUT2D eigenvalue weighted by Crippen LogP contribution is -2.21. The van der Waals surface area contributed by atoms with Crippen LogP contribution in [0.3, 0.4) is 0 Å². The molecule has 1 aliphatic rings. The lowest BCUT2D eigenvalue weighted by molar-refractivity contribution is 0.146. The van der Waals surface area contributed by atoms with E-state index in [9.17, 15) is 4.79 Å². The van der Waals surface area contributed by atoms with Crippen molar-refractivity contribution in [2.45, 2.75) is 19.3 Å². The number of fused-ring (bicyclic) bond motifs is 1. The number of rotatable bonds is 2. The summed E-state index contributed by atoms with van der Waals surface area (Å²) in [6.07, 6.45) is 2.23. The van der Waals surface area contributed by atoms with E-state index < -0.39 is 0 Å². The zero-order valence-corrected chi connectivity index (χ0v) is 8.58. The molecule has 0 bridgehead atoms. The number of aromatic amines is 1. The molecule has 5 heteroatoms. The van der Waals surface area contributed by atoms with Gasteiger partial charge in [0.2, 0.25) is 0 Å². The fourth-order valence-corrected chi connectivity index (χ4v) is 1.90. The van der Waals surface area contributed by atoms with Gasteiger partial charge in [0.05, 0.1) is 18.9 Å². The van der Waals surface area contributed by atoms with Crippen LogP contribution in [0.4, 0.5) is 0 Å². The molecule has 0 saturated carbocycles. The standard InChI is InChI=1S/C10H15N3O2/c11-4-1-8-7-2-5-15-6-3-9(7)13-10(14)12-8/h1-6,11H2,(H,12,13,14). The lowest BCUT2D eigenvalue weighted by Gasteiger charge is -2.08. The maximum Gasteiger partial charge on any atom is 0.345 e. The number of aromatic nitrogens is 2. The molecular formula is C10H15N3O2. The average Bonchev–Trinajstić information content (AvgIpc) is 2.43. The minimum atomic E-state index is -0.279. The van der Waals surface area contributed by atoms with Crippen molar-refractivity contribution in [1.82, 2.24) is 9.97 Å². The second-order valence-corrected chi connectivity index (χ2v) is 3.60. The predicted molar refractivity (Wildman–Crippen MR) is 55.8 cm³/mol.